The standard InChI is InChI=1S/C30H39N5O3/c1-6-7-12-21(2)32-28-33-26-24(27(34-28)31-17-22-13-9-8-10-14-22)15-11-16-25(26)37-20-23-18-35(19-23)29(36)38-30(3,4)5/h6-10,12-14,23,25H,1-2,11,15-20H2,3-5H3,(H2,31,32,33,34)/b12-7-/t25-/m0/s1. The molecule has 1 amide bonds. The van der Waals surface area contributed by atoms with Gasteiger partial charge in [-0.2, -0.15) is 4.98 Å². The first-order valence-electron chi connectivity index (χ1n) is 13.2. The third-order valence-corrected chi connectivity index (χ3v) is 6.39. The van der Waals surface area contributed by atoms with Gasteiger partial charge in [0.25, 0.3) is 0 Å². The summed E-state index contributed by atoms with van der Waals surface area (Å²) in [6.07, 6.45) is 7.72. The van der Waals surface area contributed by atoms with Gasteiger partial charge in [-0.15, -0.1) is 0 Å². The van der Waals surface area contributed by atoms with Crippen LogP contribution >= 0.6 is 0 Å². The van der Waals surface area contributed by atoms with Crippen molar-refractivity contribution in [3.8, 4) is 0 Å². The highest BCUT2D eigenvalue weighted by Gasteiger charge is 2.35. The molecule has 1 aromatic carbocycles. The summed E-state index contributed by atoms with van der Waals surface area (Å²) in [6, 6.07) is 10.3. The molecule has 1 aromatic heterocycles. The van der Waals surface area contributed by atoms with Crippen molar-refractivity contribution in [2.75, 3.05) is 30.3 Å². The molecule has 0 saturated carbocycles. The second kappa shape index (κ2) is 12.3. The largest absolute Gasteiger partial charge is 0.444 e. The fourth-order valence-corrected chi connectivity index (χ4v) is 4.53. The summed E-state index contributed by atoms with van der Waals surface area (Å²) < 4.78 is 11.9. The van der Waals surface area contributed by atoms with Crippen LogP contribution in [0.15, 0.2) is 67.4 Å². The number of carbonyl (C=O) groups is 1. The van der Waals surface area contributed by atoms with Crippen LogP contribution in [0.2, 0.25) is 0 Å². The summed E-state index contributed by atoms with van der Waals surface area (Å²) in [5.41, 5.74) is 3.36. The van der Waals surface area contributed by atoms with Gasteiger partial charge in [0.1, 0.15) is 17.5 Å². The van der Waals surface area contributed by atoms with Crippen LogP contribution in [0, 0.1) is 5.92 Å². The van der Waals surface area contributed by atoms with Crippen LogP contribution in [0.1, 0.15) is 56.5 Å². The van der Waals surface area contributed by atoms with Gasteiger partial charge in [0.2, 0.25) is 5.95 Å². The van der Waals surface area contributed by atoms with Gasteiger partial charge in [0, 0.05) is 36.8 Å². The Kier molecular flexibility index (Phi) is 8.84. The second-order valence-electron chi connectivity index (χ2n) is 10.8. The van der Waals surface area contributed by atoms with E-state index in [0.717, 1.165) is 36.3 Å². The fraction of sp³-hybridized carbons (Fsp3) is 0.433. The Morgan fingerprint density at radius 2 is 1.97 bits per heavy atom. The number of ether oxygens (including phenoxy) is 2. The number of likely N-dealkylation sites (tertiary alicyclic amines) is 1. The van der Waals surface area contributed by atoms with Crippen molar-refractivity contribution in [1.82, 2.24) is 14.9 Å². The third-order valence-electron chi connectivity index (χ3n) is 6.39. The molecular weight excluding hydrogens is 478 g/mol. The lowest BCUT2D eigenvalue weighted by molar-refractivity contribution is -0.0416. The summed E-state index contributed by atoms with van der Waals surface area (Å²) in [5, 5.41) is 6.73. The first-order chi connectivity index (χ1) is 18.2. The molecule has 8 nitrogen and oxygen atoms in total. The van der Waals surface area contributed by atoms with E-state index < -0.39 is 5.60 Å². The Labute approximate surface area is 225 Å². The lowest BCUT2D eigenvalue weighted by atomic mass is 9.93. The number of amides is 1. The van der Waals surface area contributed by atoms with Crippen LogP contribution < -0.4 is 10.6 Å². The number of fused-ring (bicyclic) bond motifs is 1. The Balaban J connectivity index is 1.46. The van der Waals surface area contributed by atoms with E-state index in [-0.39, 0.29) is 18.1 Å². The average Bonchev–Trinajstić information content (AvgIpc) is 2.85. The van der Waals surface area contributed by atoms with E-state index in [1.165, 1.54) is 5.56 Å². The molecule has 0 radical (unpaired) electrons. The number of nitrogens with zero attached hydrogens (tertiary/aromatic N) is 3. The molecule has 38 heavy (non-hydrogen) atoms. The van der Waals surface area contributed by atoms with Crippen molar-refractivity contribution in [2.45, 2.75) is 58.3 Å². The van der Waals surface area contributed by atoms with Crippen LogP contribution in [0.4, 0.5) is 16.6 Å². The molecule has 2 heterocycles. The minimum Gasteiger partial charge on any atom is -0.444 e. The maximum Gasteiger partial charge on any atom is 0.410 e. The van der Waals surface area contributed by atoms with E-state index in [1.54, 1.807) is 11.0 Å². The molecule has 1 fully saturated rings. The van der Waals surface area contributed by atoms with Crippen molar-refractivity contribution in [2.24, 2.45) is 5.92 Å². The van der Waals surface area contributed by atoms with Crippen molar-refractivity contribution in [1.29, 1.82) is 0 Å². The van der Waals surface area contributed by atoms with Crippen LogP contribution in [0.25, 0.3) is 0 Å². The van der Waals surface area contributed by atoms with Crippen LogP contribution in [0.5, 0.6) is 0 Å². The molecule has 2 aromatic rings. The van der Waals surface area contributed by atoms with Gasteiger partial charge < -0.3 is 25.0 Å². The number of benzene rings is 1. The average molecular weight is 518 g/mol. The molecule has 4 rings (SSSR count). The Hall–Kier alpha value is -3.65. The summed E-state index contributed by atoms with van der Waals surface area (Å²) in [4.78, 5) is 23.7. The minimum absolute atomic E-state index is 0.132. The normalized spacial score (nSPS) is 17.4. The van der Waals surface area contributed by atoms with Crippen molar-refractivity contribution >= 4 is 17.9 Å². The number of carbonyl (C=O) groups excluding carboxylic acids is 1. The number of aromatic nitrogens is 2. The first kappa shape index (κ1) is 27.4. The van der Waals surface area contributed by atoms with E-state index in [4.69, 9.17) is 19.4 Å². The van der Waals surface area contributed by atoms with E-state index >= 15 is 0 Å². The van der Waals surface area contributed by atoms with Gasteiger partial charge in [-0.3, -0.25) is 0 Å². The topological polar surface area (TPSA) is 88.6 Å². The lowest BCUT2D eigenvalue weighted by Crippen LogP contribution is -2.53. The van der Waals surface area contributed by atoms with Crippen LogP contribution in [-0.4, -0.2) is 46.3 Å². The highest BCUT2D eigenvalue weighted by Crippen LogP contribution is 2.36. The second-order valence-corrected chi connectivity index (χ2v) is 10.8. The number of allylic oxidation sites excluding steroid dienone is 3. The molecule has 0 bridgehead atoms. The molecule has 8 heteroatoms. The smallest absolute Gasteiger partial charge is 0.410 e. The third kappa shape index (κ3) is 7.44. The maximum absolute atomic E-state index is 12.3. The molecule has 1 aliphatic carbocycles. The number of hydrogen-bond acceptors (Lipinski definition) is 7. The maximum atomic E-state index is 12.3. The van der Waals surface area contributed by atoms with Crippen LogP contribution in [0.3, 0.4) is 0 Å². The number of nitrogens with one attached hydrogen (secondary N) is 2. The van der Waals surface area contributed by atoms with E-state index in [2.05, 4.69) is 35.9 Å². The molecular formula is C30H39N5O3. The van der Waals surface area contributed by atoms with Crippen molar-refractivity contribution in [3.05, 3.63) is 84.2 Å². The zero-order valence-corrected chi connectivity index (χ0v) is 22.7. The summed E-state index contributed by atoms with van der Waals surface area (Å²) in [6.45, 7) is 15.9. The number of anilines is 2. The van der Waals surface area contributed by atoms with Crippen molar-refractivity contribution < 1.29 is 14.3 Å². The molecule has 2 aliphatic rings. The molecule has 202 valence electrons. The monoisotopic (exact) mass is 517 g/mol. The molecule has 2 N–H and O–H groups in total. The van der Waals surface area contributed by atoms with Gasteiger partial charge in [0.15, 0.2) is 0 Å². The number of rotatable bonds is 10. The molecule has 0 spiro atoms. The lowest BCUT2D eigenvalue weighted by Gasteiger charge is -2.40. The zero-order chi connectivity index (χ0) is 27.1. The van der Waals surface area contributed by atoms with Gasteiger partial charge >= 0.3 is 6.09 Å². The summed E-state index contributed by atoms with van der Waals surface area (Å²) in [7, 11) is 0. The van der Waals surface area contributed by atoms with Gasteiger partial charge in [-0.1, -0.05) is 55.6 Å². The molecule has 1 aliphatic heterocycles. The van der Waals surface area contributed by atoms with Gasteiger partial charge in [0.05, 0.1) is 12.3 Å². The van der Waals surface area contributed by atoms with Crippen LogP contribution in [-0.2, 0) is 22.4 Å². The zero-order valence-electron chi connectivity index (χ0n) is 22.7. The number of hydrogen-bond donors (Lipinski definition) is 2. The molecule has 1 saturated heterocycles. The highest BCUT2D eigenvalue weighted by atomic mass is 16.6. The van der Waals surface area contributed by atoms with Crippen molar-refractivity contribution in [3.63, 3.8) is 0 Å². The fourth-order valence-electron chi connectivity index (χ4n) is 4.53. The SMILES string of the molecule is C=C/C=C\C(=C)Nc1nc(NCc2ccccc2)c2c(n1)[C@@H](OCC1CN(C(=O)OC(C)(C)C)C1)CCC2. The van der Waals surface area contributed by atoms with Gasteiger partial charge in [-0.05, 0) is 51.7 Å². The van der Waals surface area contributed by atoms with E-state index in [9.17, 15) is 4.79 Å². The van der Waals surface area contributed by atoms with Gasteiger partial charge in [-0.25, -0.2) is 9.78 Å². The summed E-state index contributed by atoms with van der Waals surface area (Å²) in [5.74, 6) is 1.58. The minimum atomic E-state index is -0.491. The first-order valence-corrected chi connectivity index (χ1v) is 13.2. The van der Waals surface area contributed by atoms with E-state index in [1.807, 2.05) is 51.1 Å². The Morgan fingerprint density at radius 1 is 1.21 bits per heavy atom. The quantitative estimate of drug-likeness (QED) is 0.373. The predicted molar refractivity (Wildman–Crippen MR) is 151 cm³/mol. The summed E-state index contributed by atoms with van der Waals surface area (Å²) >= 11 is 0. The highest BCUT2D eigenvalue weighted by molar-refractivity contribution is 5.69. The predicted octanol–water partition coefficient (Wildman–Crippen LogP) is 6.02. The Morgan fingerprint density at radius 3 is 2.68 bits per heavy atom. The molecule has 1 atom stereocenters. The Bertz CT molecular complexity index is 1170. The van der Waals surface area contributed by atoms with E-state index in [0.29, 0.717) is 37.9 Å². The molecule has 0 unspecified atom stereocenters.